The molecule has 1 aliphatic heterocycles. The van der Waals surface area contributed by atoms with E-state index in [2.05, 4.69) is 70.9 Å². The molecule has 2 N–H and O–H groups in total. The summed E-state index contributed by atoms with van der Waals surface area (Å²) in [4.78, 5) is 16.7. The summed E-state index contributed by atoms with van der Waals surface area (Å²) in [7, 11) is 0. The number of amides is 1. The quantitative estimate of drug-likeness (QED) is 0.706. The fourth-order valence-electron chi connectivity index (χ4n) is 5.05. The van der Waals surface area contributed by atoms with Gasteiger partial charge in [-0.3, -0.25) is 9.89 Å². The Hall–Kier alpha value is -2.92. The van der Waals surface area contributed by atoms with E-state index in [0.29, 0.717) is 11.7 Å². The molecule has 5 heteroatoms. The number of nitrogens with one attached hydrogen (secondary N) is 2. The SMILES string of the molecule is O=C(c1n[nH]c2c1CCCC2)N1CC[NH+](C(c2ccccc2)c2ccccc2)CC1. The highest BCUT2D eigenvalue weighted by molar-refractivity contribution is 5.94. The minimum atomic E-state index is 0.101. The molecule has 0 radical (unpaired) electrons. The van der Waals surface area contributed by atoms with Gasteiger partial charge in [-0.1, -0.05) is 60.7 Å². The van der Waals surface area contributed by atoms with E-state index in [1.54, 1.807) is 0 Å². The first-order valence-electron chi connectivity index (χ1n) is 11.1. The van der Waals surface area contributed by atoms with Crippen LogP contribution in [0.5, 0.6) is 0 Å². The third kappa shape index (κ3) is 3.65. The summed E-state index contributed by atoms with van der Waals surface area (Å²) < 4.78 is 0. The van der Waals surface area contributed by atoms with Crippen molar-refractivity contribution in [3.05, 3.63) is 88.7 Å². The average Bonchev–Trinajstić information content (AvgIpc) is 3.25. The van der Waals surface area contributed by atoms with E-state index < -0.39 is 0 Å². The van der Waals surface area contributed by atoms with E-state index in [4.69, 9.17) is 0 Å². The van der Waals surface area contributed by atoms with Crippen LogP contribution in [0.15, 0.2) is 60.7 Å². The lowest BCUT2D eigenvalue weighted by Gasteiger charge is -2.37. The highest BCUT2D eigenvalue weighted by atomic mass is 16.2. The first-order valence-corrected chi connectivity index (χ1v) is 11.1. The Morgan fingerprint density at radius 1 is 0.900 bits per heavy atom. The average molecular weight is 402 g/mol. The standard InChI is InChI=1S/C25H28N4O/c30-25(23-21-13-7-8-14-22(21)26-27-23)29-17-15-28(16-18-29)24(19-9-3-1-4-10-19)20-11-5-2-6-12-20/h1-6,9-12,24H,7-8,13-18H2,(H,26,27)/p+1. The van der Waals surface area contributed by atoms with E-state index in [-0.39, 0.29) is 5.91 Å². The van der Waals surface area contributed by atoms with Crippen LogP contribution in [0.3, 0.4) is 0 Å². The second-order valence-corrected chi connectivity index (χ2v) is 8.44. The molecule has 1 saturated heterocycles. The van der Waals surface area contributed by atoms with Gasteiger partial charge in [-0.15, -0.1) is 0 Å². The molecule has 1 amide bonds. The number of rotatable bonds is 4. The van der Waals surface area contributed by atoms with Gasteiger partial charge in [0.2, 0.25) is 0 Å². The fourth-order valence-corrected chi connectivity index (χ4v) is 5.05. The lowest BCUT2D eigenvalue weighted by Crippen LogP contribution is -3.15. The number of hydrogen-bond donors (Lipinski definition) is 2. The number of H-pyrrole nitrogens is 1. The summed E-state index contributed by atoms with van der Waals surface area (Å²) in [5.41, 5.74) is 5.66. The fraction of sp³-hybridized carbons (Fsp3) is 0.360. The number of nitrogens with zero attached hydrogens (tertiary/aromatic N) is 2. The Kier molecular flexibility index (Phi) is 5.37. The number of carbonyl (C=O) groups is 1. The number of fused-ring (bicyclic) bond motifs is 1. The number of aromatic nitrogens is 2. The van der Waals surface area contributed by atoms with Crippen LogP contribution in [0.2, 0.25) is 0 Å². The Balaban J connectivity index is 1.33. The van der Waals surface area contributed by atoms with Gasteiger partial charge in [-0.25, -0.2) is 0 Å². The number of aromatic amines is 1. The van der Waals surface area contributed by atoms with Crippen LogP contribution >= 0.6 is 0 Å². The normalized spacial score (nSPS) is 17.2. The second-order valence-electron chi connectivity index (χ2n) is 8.44. The van der Waals surface area contributed by atoms with Crippen molar-refractivity contribution in [3.8, 4) is 0 Å². The zero-order valence-electron chi connectivity index (χ0n) is 17.3. The Bertz CT molecular complexity index is 951. The Labute approximate surface area is 177 Å². The molecule has 5 nitrogen and oxygen atoms in total. The lowest BCUT2D eigenvalue weighted by molar-refractivity contribution is -0.929. The van der Waals surface area contributed by atoms with Crippen LogP contribution in [0.1, 0.15) is 51.8 Å². The molecule has 0 unspecified atom stereocenters. The minimum Gasteiger partial charge on any atom is -0.326 e. The highest BCUT2D eigenvalue weighted by Crippen LogP contribution is 2.23. The van der Waals surface area contributed by atoms with Crippen LogP contribution in [-0.4, -0.2) is 47.2 Å². The van der Waals surface area contributed by atoms with E-state index in [0.717, 1.165) is 51.0 Å². The minimum absolute atomic E-state index is 0.101. The molecule has 2 aliphatic rings. The van der Waals surface area contributed by atoms with Crippen LogP contribution in [0, 0.1) is 0 Å². The summed E-state index contributed by atoms with van der Waals surface area (Å²) >= 11 is 0. The van der Waals surface area contributed by atoms with Crippen molar-refractivity contribution in [3.63, 3.8) is 0 Å². The molecule has 1 fully saturated rings. The van der Waals surface area contributed by atoms with Gasteiger partial charge in [0.1, 0.15) is 6.04 Å². The van der Waals surface area contributed by atoms with E-state index >= 15 is 0 Å². The third-order valence-electron chi connectivity index (χ3n) is 6.63. The van der Waals surface area contributed by atoms with Crippen LogP contribution in [0.25, 0.3) is 0 Å². The summed E-state index contributed by atoms with van der Waals surface area (Å²) in [5, 5.41) is 7.51. The first kappa shape index (κ1) is 19.1. The predicted octanol–water partition coefficient (Wildman–Crippen LogP) is 2.42. The van der Waals surface area contributed by atoms with Gasteiger partial charge in [-0.2, -0.15) is 5.10 Å². The molecule has 0 atom stereocenters. The predicted molar refractivity (Wildman–Crippen MR) is 117 cm³/mol. The molecule has 0 spiro atoms. The van der Waals surface area contributed by atoms with Crippen molar-refractivity contribution in [1.82, 2.24) is 15.1 Å². The number of benzene rings is 2. The molecule has 154 valence electrons. The molecule has 0 bridgehead atoms. The van der Waals surface area contributed by atoms with Gasteiger partial charge in [0.25, 0.3) is 5.91 Å². The molecule has 2 heterocycles. The van der Waals surface area contributed by atoms with Crippen molar-refractivity contribution in [2.75, 3.05) is 26.2 Å². The monoisotopic (exact) mass is 401 g/mol. The third-order valence-corrected chi connectivity index (χ3v) is 6.63. The molecule has 1 aromatic heterocycles. The van der Waals surface area contributed by atoms with Gasteiger partial charge in [0, 0.05) is 22.4 Å². The van der Waals surface area contributed by atoms with Crippen molar-refractivity contribution < 1.29 is 9.69 Å². The van der Waals surface area contributed by atoms with Gasteiger partial charge < -0.3 is 9.80 Å². The maximum absolute atomic E-state index is 13.2. The number of carbonyl (C=O) groups excluding carboxylic acids is 1. The summed E-state index contributed by atoms with van der Waals surface area (Å²) in [6.45, 7) is 3.41. The summed E-state index contributed by atoms with van der Waals surface area (Å²) in [5.74, 6) is 0.101. The molecule has 2 aromatic carbocycles. The van der Waals surface area contributed by atoms with Gasteiger partial charge >= 0.3 is 0 Å². The van der Waals surface area contributed by atoms with Gasteiger partial charge in [0.15, 0.2) is 5.69 Å². The van der Waals surface area contributed by atoms with Gasteiger partial charge in [-0.05, 0) is 25.7 Å². The largest absolute Gasteiger partial charge is 0.326 e. The number of piperazine rings is 1. The lowest BCUT2D eigenvalue weighted by atomic mass is 9.95. The van der Waals surface area contributed by atoms with Crippen molar-refractivity contribution in [2.45, 2.75) is 31.7 Å². The Morgan fingerprint density at radius 3 is 2.13 bits per heavy atom. The molecule has 0 saturated carbocycles. The number of aryl methyl sites for hydroxylation is 1. The highest BCUT2D eigenvalue weighted by Gasteiger charge is 2.33. The molecule has 30 heavy (non-hydrogen) atoms. The molecule has 1 aliphatic carbocycles. The first-order chi connectivity index (χ1) is 14.8. The molecule has 3 aromatic rings. The van der Waals surface area contributed by atoms with Crippen molar-refractivity contribution in [2.24, 2.45) is 0 Å². The zero-order valence-corrected chi connectivity index (χ0v) is 17.3. The zero-order chi connectivity index (χ0) is 20.3. The van der Waals surface area contributed by atoms with Gasteiger partial charge in [0.05, 0.1) is 26.2 Å². The number of hydrogen-bond acceptors (Lipinski definition) is 2. The second kappa shape index (κ2) is 8.44. The molecular formula is C25H29N4O+. The number of quaternary nitrogens is 1. The van der Waals surface area contributed by atoms with Crippen molar-refractivity contribution >= 4 is 5.91 Å². The summed E-state index contributed by atoms with van der Waals surface area (Å²) in [6.07, 6.45) is 4.33. The van der Waals surface area contributed by atoms with Crippen LogP contribution in [-0.2, 0) is 12.8 Å². The maximum atomic E-state index is 13.2. The van der Waals surface area contributed by atoms with Crippen LogP contribution in [0.4, 0.5) is 0 Å². The topological polar surface area (TPSA) is 53.4 Å². The van der Waals surface area contributed by atoms with E-state index in [1.165, 1.54) is 28.1 Å². The summed E-state index contributed by atoms with van der Waals surface area (Å²) in [6, 6.07) is 21.8. The maximum Gasteiger partial charge on any atom is 0.275 e. The smallest absolute Gasteiger partial charge is 0.275 e. The van der Waals surface area contributed by atoms with E-state index in [1.807, 2.05) is 4.90 Å². The van der Waals surface area contributed by atoms with Crippen LogP contribution < -0.4 is 4.90 Å². The van der Waals surface area contributed by atoms with Crippen molar-refractivity contribution in [1.29, 1.82) is 0 Å². The molecular weight excluding hydrogens is 372 g/mol. The molecule has 5 rings (SSSR count). The Morgan fingerprint density at radius 2 is 1.50 bits per heavy atom. The van der Waals surface area contributed by atoms with E-state index in [9.17, 15) is 4.79 Å².